The van der Waals surface area contributed by atoms with Gasteiger partial charge < -0.3 is 14.2 Å². The normalized spacial score (nSPS) is 12.4. The quantitative estimate of drug-likeness (QED) is 0.0348. The van der Waals surface area contributed by atoms with Crippen LogP contribution in [0.2, 0.25) is 0 Å². The first-order valence-electron chi connectivity index (χ1n) is 24.4. The summed E-state index contributed by atoms with van der Waals surface area (Å²) in [6.45, 7) is 9.01. The summed E-state index contributed by atoms with van der Waals surface area (Å²) in [6.07, 6.45) is 43.6. The number of hydrogen-bond acceptors (Lipinski definition) is 6. The Kier molecular flexibility index (Phi) is 42.3. The van der Waals surface area contributed by atoms with Gasteiger partial charge in [-0.05, 0) is 25.2 Å². The first-order valence-corrected chi connectivity index (χ1v) is 24.4. The lowest BCUT2D eigenvalue weighted by Crippen LogP contribution is -2.30. The molecule has 1 unspecified atom stereocenters. The van der Waals surface area contributed by atoms with Crippen LogP contribution >= 0.6 is 0 Å². The average Bonchev–Trinajstić information content (AvgIpc) is 3.18. The number of unbranched alkanes of at least 4 members (excludes halogenated alkanes) is 30. The molecule has 0 aromatic rings. The van der Waals surface area contributed by atoms with E-state index in [4.69, 9.17) is 14.2 Å². The summed E-state index contributed by atoms with van der Waals surface area (Å²) in [5.74, 6) is -0.00333. The molecule has 0 aromatic heterocycles. The molecule has 0 fully saturated rings. The minimum Gasteiger partial charge on any atom is -0.462 e. The van der Waals surface area contributed by atoms with E-state index in [2.05, 4.69) is 27.7 Å². The number of carbonyl (C=O) groups is 3. The van der Waals surface area contributed by atoms with Crippen molar-refractivity contribution in [3.05, 3.63) is 0 Å². The first kappa shape index (κ1) is 53.4. The number of esters is 3. The van der Waals surface area contributed by atoms with Crippen LogP contribution in [0.4, 0.5) is 0 Å². The molecule has 0 N–H and O–H groups in total. The number of hydrogen-bond donors (Lipinski definition) is 0. The highest BCUT2D eigenvalue weighted by molar-refractivity contribution is 5.71. The van der Waals surface area contributed by atoms with Crippen LogP contribution in [0.3, 0.4) is 0 Å². The molecule has 0 amide bonds. The standard InChI is InChI=1S/C49H94O6/c1-5-8-10-12-14-16-18-19-20-21-22-24-30-34-38-42-49(52)55-46(43-53-47(50)40-36-32-28-23-17-15-13-11-9-6-2)44-54-48(51)41-37-33-29-26-25-27-31-35-39-45(4)7-3/h45-46H,5-44H2,1-4H3/t45?,46-/m0/s1. The van der Waals surface area contributed by atoms with E-state index in [0.717, 1.165) is 63.7 Å². The molecule has 0 rings (SSSR count). The Hall–Kier alpha value is -1.59. The van der Waals surface area contributed by atoms with Crippen LogP contribution in [0.5, 0.6) is 0 Å². The predicted octanol–water partition coefficient (Wildman–Crippen LogP) is 15.5. The second-order valence-electron chi connectivity index (χ2n) is 17.0. The summed E-state index contributed by atoms with van der Waals surface area (Å²) in [5, 5.41) is 0. The Bertz CT molecular complexity index is 828. The zero-order chi connectivity index (χ0) is 40.3. The van der Waals surface area contributed by atoms with Gasteiger partial charge in [-0.1, -0.05) is 233 Å². The molecule has 0 aliphatic rings. The van der Waals surface area contributed by atoms with Crippen LogP contribution in [-0.2, 0) is 28.6 Å². The van der Waals surface area contributed by atoms with Crippen molar-refractivity contribution < 1.29 is 28.6 Å². The van der Waals surface area contributed by atoms with Crippen molar-refractivity contribution >= 4 is 17.9 Å². The molecule has 0 radical (unpaired) electrons. The predicted molar refractivity (Wildman–Crippen MR) is 233 cm³/mol. The van der Waals surface area contributed by atoms with Crippen molar-refractivity contribution in [2.45, 2.75) is 278 Å². The van der Waals surface area contributed by atoms with Gasteiger partial charge in [-0.3, -0.25) is 14.4 Å². The summed E-state index contributed by atoms with van der Waals surface area (Å²) < 4.78 is 16.7. The Morgan fingerprint density at radius 3 is 0.945 bits per heavy atom. The van der Waals surface area contributed by atoms with E-state index < -0.39 is 6.10 Å². The third-order valence-corrected chi connectivity index (χ3v) is 11.4. The summed E-state index contributed by atoms with van der Waals surface area (Å²) in [4.78, 5) is 37.8. The monoisotopic (exact) mass is 779 g/mol. The fourth-order valence-corrected chi connectivity index (χ4v) is 7.30. The van der Waals surface area contributed by atoms with Crippen molar-refractivity contribution in [3.8, 4) is 0 Å². The van der Waals surface area contributed by atoms with Crippen molar-refractivity contribution in [2.75, 3.05) is 13.2 Å². The molecule has 0 spiro atoms. The second kappa shape index (κ2) is 43.5. The lowest BCUT2D eigenvalue weighted by Gasteiger charge is -2.18. The van der Waals surface area contributed by atoms with Crippen LogP contribution in [0.25, 0.3) is 0 Å². The number of ether oxygens (including phenoxy) is 3. The Morgan fingerprint density at radius 2 is 0.636 bits per heavy atom. The molecular formula is C49H94O6. The average molecular weight is 779 g/mol. The maximum Gasteiger partial charge on any atom is 0.306 e. The van der Waals surface area contributed by atoms with Gasteiger partial charge in [0.1, 0.15) is 13.2 Å². The van der Waals surface area contributed by atoms with Crippen molar-refractivity contribution in [2.24, 2.45) is 5.92 Å². The van der Waals surface area contributed by atoms with Gasteiger partial charge in [-0.25, -0.2) is 0 Å². The van der Waals surface area contributed by atoms with Crippen LogP contribution in [0.1, 0.15) is 272 Å². The van der Waals surface area contributed by atoms with Gasteiger partial charge >= 0.3 is 17.9 Å². The van der Waals surface area contributed by atoms with Crippen LogP contribution < -0.4 is 0 Å². The molecule has 0 heterocycles. The minimum absolute atomic E-state index is 0.0637. The third-order valence-electron chi connectivity index (χ3n) is 11.4. The van der Waals surface area contributed by atoms with Gasteiger partial charge in [0.25, 0.3) is 0 Å². The highest BCUT2D eigenvalue weighted by atomic mass is 16.6. The number of rotatable bonds is 44. The third kappa shape index (κ3) is 41.9. The van der Waals surface area contributed by atoms with E-state index in [1.165, 1.54) is 167 Å². The van der Waals surface area contributed by atoms with E-state index >= 15 is 0 Å². The smallest absolute Gasteiger partial charge is 0.306 e. The molecule has 0 saturated carbocycles. The summed E-state index contributed by atoms with van der Waals surface area (Å²) in [6, 6.07) is 0. The molecule has 55 heavy (non-hydrogen) atoms. The topological polar surface area (TPSA) is 78.9 Å². The molecule has 0 aliphatic heterocycles. The maximum atomic E-state index is 12.7. The van der Waals surface area contributed by atoms with E-state index in [-0.39, 0.29) is 31.1 Å². The van der Waals surface area contributed by atoms with Gasteiger partial charge in [0.05, 0.1) is 0 Å². The van der Waals surface area contributed by atoms with Gasteiger partial charge in [-0.15, -0.1) is 0 Å². The molecule has 6 nitrogen and oxygen atoms in total. The van der Waals surface area contributed by atoms with Crippen LogP contribution in [-0.4, -0.2) is 37.2 Å². The number of carbonyl (C=O) groups excluding carboxylic acids is 3. The highest BCUT2D eigenvalue weighted by Gasteiger charge is 2.19. The molecule has 6 heteroatoms. The van der Waals surface area contributed by atoms with Crippen molar-refractivity contribution in [1.29, 1.82) is 0 Å². The molecule has 326 valence electrons. The van der Waals surface area contributed by atoms with Crippen LogP contribution in [0.15, 0.2) is 0 Å². The largest absolute Gasteiger partial charge is 0.462 e. The Labute approximate surface area is 342 Å². The molecule has 0 saturated heterocycles. The fraction of sp³-hybridized carbons (Fsp3) is 0.939. The molecule has 0 aromatic carbocycles. The fourth-order valence-electron chi connectivity index (χ4n) is 7.30. The first-order chi connectivity index (χ1) is 26.9. The summed E-state index contributed by atoms with van der Waals surface area (Å²) >= 11 is 0. The summed E-state index contributed by atoms with van der Waals surface area (Å²) in [7, 11) is 0. The molecule has 2 atom stereocenters. The van der Waals surface area contributed by atoms with E-state index in [9.17, 15) is 14.4 Å². The second-order valence-corrected chi connectivity index (χ2v) is 17.0. The van der Waals surface area contributed by atoms with Gasteiger partial charge in [0, 0.05) is 19.3 Å². The lowest BCUT2D eigenvalue weighted by atomic mass is 9.99. The van der Waals surface area contributed by atoms with Gasteiger partial charge in [0.2, 0.25) is 0 Å². The molecule has 0 aliphatic carbocycles. The van der Waals surface area contributed by atoms with Crippen molar-refractivity contribution in [1.82, 2.24) is 0 Å². The highest BCUT2D eigenvalue weighted by Crippen LogP contribution is 2.17. The Morgan fingerprint density at radius 1 is 0.364 bits per heavy atom. The Balaban J connectivity index is 4.31. The summed E-state index contributed by atoms with van der Waals surface area (Å²) in [5.41, 5.74) is 0. The van der Waals surface area contributed by atoms with Gasteiger partial charge in [-0.2, -0.15) is 0 Å². The maximum absolute atomic E-state index is 12.7. The zero-order valence-corrected chi connectivity index (χ0v) is 37.4. The minimum atomic E-state index is -0.759. The van der Waals surface area contributed by atoms with E-state index in [0.29, 0.717) is 19.3 Å². The SMILES string of the molecule is CCCCCCCCCCCCCCCCCC(=O)O[C@@H](COC(=O)CCCCCCCCCCCC)COC(=O)CCCCCCCCCCC(C)CC. The molecule has 0 bridgehead atoms. The lowest BCUT2D eigenvalue weighted by molar-refractivity contribution is -0.167. The molecular weight excluding hydrogens is 685 g/mol. The van der Waals surface area contributed by atoms with Gasteiger partial charge in [0.15, 0.2) is 6.10 Å². The van der Waals surface area contributed by atoms with E-state index in [1.54, 1.807) is 0 Å². The van der Waals surface area contributed by atoms with Crippen molar-refractivity contribution in [3.63, 3.8) is 0 Å². The van der Waals surface area contributed by atoms with Crippen LogP contribution in [0, 0.1) is 5.92 Å². The van der Waals surface area contributed by atoms with E-state index in [1.807, 2.05) is 0 Å². The zero-order valence-electron chi connectivity index (χ0n) is 37.4.